The number of likely N-dealkylation sites (tertiary alicyclic amines) is 1. The maximum absolute atomic E-state index is 12.2. The molecule has 4 rings (SSSR count). The van der Waals surface area contributed by atoms with Crippen LogP contribution in [0.2, 0.25) is 0 Å². The van der Waals surface area contributed by atoms with E-state index in [9.17, 15) is 19.2 Å². The van der Waals surface area contributed by atoms with Crippen molar-refractivity contribution >= 4 is 30.1 Å². The average Bonchev–Trinajstić information content (AvgIpc) is 3.50. The molecule has 1 aromatic heterocycles. The van der Waals surface area contributed by atoms with Crippen molar-refractivity contribution in [3.63, 3.8) is 0 Å². The van der Waals surface area contributed by atoms with Crippen molar-refractivity contribution < 1.29 is 28.7 Å². The third-order valence-corrected chi connectivity index (χ3v) is 5.64. The van der Waals surface area contributed by atoms with Crippen LogP contribution in [0.4, 0.5) is 5.82 Å². The summed E-state index contributed by atoms with van der Waals surface area (Å²) in [4.78, 5) is 44.9. The van der Waals surface area contributed by atoms with Gasteiger partial charge in [0.25, 0.3) is 5.91 Å². The van der Waals surface area contributed by atoms with Crippen LogP contribution in [0.15, 0.2) is 66.7 Å². The van der Waals surface area contributed by atoms with Crippen LogP contribution < -0.4 is 16.2 Å². The highest BCUT2D eigenvalue weighted by molar-refractivity contribution is 6.03. The number of amides is 2. The molecule has 4 N–H and O–H groups in total. The van der Waals surface area contributed by atoms with Gasteiger partial charge >= 0.3 is 12.4 Å². The predicted molar refractivity (Wildman–Crippen MR) is 140 cm³/mol. The molecule has 2 heterocycles. The van der Waals surface area contributed by atoms with E-state index in [2.05, 4.69) is 9.84 Å². The third kappa shape index (κ3) is 6.84. The zero-order valence-electron chi connectivity index (χ0n) is 21.1. The minimum absolute atomic E-state index is 0.0509. The molecule has 0 saturated carbocycles. The summed E-state index contributed by atoms with van der Waals surface area (Å²) in [6, 6.07) is 16.5. The number of nitrogens with two attached hydrogens (primary N) is 2. The zero-order chi connectivity index (χ0) is 27.7. The highest BCUT2D eigenvalue weighted by Gasteiger charge is 2.31. The van der Waals surface area contributed by atoms with Crippen LogP contribution in [-0.4, -0.2) is 52.0 Å². The molecule has 0 spiro atoms. The van der Waals surface area contributed by atoms with E-state index in [1.54, 1.807) is 34.7 Å². The lowest BCUT2D eigenvalue weighted by atomic mass is 10.1. The number of aromatic nitrogens is 2. The van der Waals surface area contributed by atoms with Gasteiger partial charge in [0.1, 0.15) is 28.6 Å². The molecule has 0 bridgehead atoms. The van der Waals surface area contributed by atoms with Gasteiger partial charge in [0.05, 0.1) is 6.04 Å². The van der Waals surface area contributed by atoms with Crippen molar-refractivity contribution in [2.24, 2.45) is 5.73 Å². The first kappa shape index (κ1) is 27.7. The van der Waals surface area contributed by atoms with Gasteiger partial charge in [-0.2, -0.15) is 5.10 Å². The van der Waals surface area contributed by atoms with E-state index in [0.29, 0.717) is 36.5 Å². The molecule has 198 valence electrons. The Kier molecular flexibility index (Phi) is 9.36. The van der Waals surface area contributed by atoms with E-state index in [0.717, 1.165) is 12.7 Å². The molecule has 1 fully saturated rings. The lowest BCUT2D eigenvalue weighted by molar-refractivity contribution is -0.149. The minimum Gasteiger partial charge on any atom is -0.457 e. The Bertz CT molecular complexity index is 1320. The number of carbonyl (C=O) groups is 4. The van der Waals surface area contributed by atoms with E-state index in [4.69, 9.17) is 16.2 Å². The van der Waals surface area contributed by atoms with Crippen molar-refractivity contribution in [2.45, 2.75) is 26.3 Å². The maximum atomic E-state index is 12.2. The van der Waals surface area contributed by atoms with E-state index >= 15 is 0 Å². The Morgan fingerprint density at radius 3 is 2.26 bits per heavy atom. The monoisotopic (exact) mass is 519 g/mol. The van der Waals surface area contributed by atoms with Crippen LogP contribution >= 0.6 is 0 Å². The highest BCUT2D eigenvalue weighted by Crippen LogP contribution is 2.33. The summed E-state index contributed by atoms with van der Waals surface area (Å²) in [5.41, 5.74) is 13.2. The van der Waals surface area contributed by atoms with E-state index in [1.165, 1.54) is 6.08 Å². The molecule has 1 aliphatic rings. The minimum atomic E-state index is -0.645. The van der Waals surface area contributed by atoms with Crippen molar-refractivity contribution in [2.75, 3.05) is 18.8 Å². The normalized spacial score (nSPS) is 14.5. The van der Waals surface area contributed by atoms with Crippen molar-refractivity contribution in [3.8, 4) is 22.8 Å². The van der Waals surface area contributed by atoms with Crippen molar-refractivity contribution in [1.29, 1.82) is 0 Å². The molecular formula is C27H29N5O6. The second kappa shape index (κ2) is 12.9. The largest absolute Gasteiger partial charge is 0.457 e. The number of anilines is 1. The van der Waals surface area contributed by atoms with Gasteiger partial charge in [0, 0.05) is 25.6 Å². The highest BCUT2D eigenvalue weighted by atomic mass is 16.6. The molecular weight excluding hydrogens is 490 g/mol. The number of allylic oxidation sites excluding steroid dienone is 1. The number of carbonyl (C=O) groups excluding carboxylic acids is 4. The fraction of sp³-hybridized carbons (Fsp3) is 0.222. The van der Waals surface area contributed by atoms with Crippen molar-refractivity contribution in [1.82, 2.24) is 14.7 Å². The average molecular weight is 520 g/mol. The first-order valence-electron chi connectivity index (χ1n) is 11.8. The number of esters is 1. The van der Waals surface area contributed by atoms with Gasteiger partial charge in [-0.3, -0.25) is 19.2 Å². The number of hydrogen-bond donors (Lipinski definition) is 2. The Hall–Kier alpha value is -4.93. The summed E-state index contributed by atoms with van der Waals surface area (Å²) < 4.78 is 11.2. The van der Waals surface area contributed by atoms with Crippen LogP contribution in [0, 0.1) is 0 Å². The zero-order valence-corrected chi connectivity index (χ0v) is 21.1. The van der Waals surface area contributed by atoms with Crippen LogP contribution in [0.5, 0.6) is 11.5 Å². The number of ether oxygens (including phenoxy) is 2. The number of hydrogen-bond acceptors (Lipinski definition) is 8. The summed E-state index contributed by atoms with van der Waals surface area (Å²) in [5, 5.41) is 4.63. The van der Waals surface area contributed by atoms with E-state index in [-0.39, 0.29) is 29.8 Å². The lowest BCUT2D eigenvalue weighted by Crippen LogP contribution is -2.27. The maximum Gasteiger partial charge on any atom is 0.310 e. The number of nitrogen functional groups attached to an aromatic ring is 1. The van der Waals surface area contributed by atoms with Crippen LogP contribution in [-0.2, 0) is 19.1 Å². The summed E-state index contributed by atoms with van der Waals surface area (Å²) in [7, 11) is 0. The van der Waals surface area contributed by atoms with E-state index < -0.39 is 11.9 Å². The van der Waals surface area contributed by atoms with Gasteiger partial charge in [0.15, 0.2) is 0 Å². The smallest absolute Gasteiger partial charge is 0.310 e. The van der Waals surface area contributed by atoms with Gasteiger partial charge in [-0.25, -0.2) is 4.68 Å². The molecule has 1 aliphatic heterocycles. The summed E-state index contributed by atoms with van der Waals surface area (Å²) >= 11 is 0. The van der Waals surface area contributed by atoms with Gasteiger partial charge in [-0.15, -0.1) is 0 Å². The standard InChI is InChI=1S/C24H25N5O3.C3H4O3/c1-2-6-20(30)28-14-13-17(15-28)29-23(25)21(24(26)31)22(27-29)16-9-11-19(12-10-16)32-18-7-4-3-5-8-18;1-3(5)6-2-4/h2-12,17H,13-15,25H2,1H3,(H2,26,31);2H,1H3/b6-2+;/t17-;/m1./s1. The third-order valence-electron chi connectivity index (χ3n) is 5.64. The molecule has 3 aromatic rings. The summed E-state index contributed by atoms with van der Waals surface area (Å²) in [5.74, 6) is 0.317. The Morgan fingerprint density at radius 2 is 1.71 bits per heavy atom. The first-order chi connectivity index (χ1) is 18.2. The van der Waals surface area contributed by atoms with Gasteiger partial charge in [0.2, 0.25) is 5.91 Å². The number of para-hydroxylation sites is 1. The quantitative estimate of drug-likeness (QED) is 0.208. The Labute approximate surface area is 219 Å². The van der Waals surface area contributed by atoms with Gasteiger partial charge in [-0.1, -0.05) is 24.3 Å². The predicted octanol–water partition coefficient (Wildman–Crippen LogP) is 3.08. The second-order valence-corrected chi connectivity index (χ2v) is 8.29. The first-order valence-corrected chi connectivity index (χ1v) is 11.8. The summed E-state index contributed by atoms with van der Waals surface area (Å²) in [6.45, 7) is 4.13. The molecule has 1 saturated heterocycles. The molecule has 0 unspecified atom stereocenters. The van der Waals surface area contributed by atoms with Gasteiger partial charge < -0.3 is 25.8 Å². The lowest BCUT2D eigenvalue weighted by Gasteiger charge is -2.15. The number of primary amides is 1. The SMILES string of the molecule is C/C=C/C(=O)N1CC[C@@H](n2nc(-c3ccc(Oc4ccccc4)cc3)c(C(N)=O)c2N)C1.CC(=O)OC=O. The van der Waals surface area contributed by atoms with E-state index in [1.807, 2.05) is 42.5 Å². The topological polar surface area (TPSA) is 160 Å². The molecule has 11 nitrogen and oxygen atoms in total. The molecule has 2 aromatic carbocycles. The molecule has 0 aliphatic carbocycles. The molecule has 2 amide bonds. The summed E-state index contributed by atoms with van der Waals surface area (Å²) in [6.07, 6.45) is 3.94. The fourth-order valence-electron chi connectivity index (χ4n) is 3.93. The van der Waals surface area contributed by atoms with Crippen molar-refractivity contribution in [3.05, 3.63) is 72.3 Å². The second-order valence-electron chi connectivity index (χ2n) is 8.29. The van der Waals surface area contributed by atoms with Crippen LogP contribution in [0.3, 0.4) is 0 Å². The molecule has 1 atom stereocenters. The van der Waals surface area contributed by atoms with Gasteiger partial charge in [-0.05, 0) is 55.8 Å². The van der Waals surface area contributed by atoms with Crippen LogP contribution in [0.1, 0.15) is 36.7 Å². The number of nitrogens with zero attached hydrogens (tertiary/aromatic N) is 3. The number of benzene rings is 2. The fourth-order valence-corrected chi connectivity index (χ4v) is 3.93. The molecule has 0 radical (unpaired) electrons. The Balaban J connectivity index is 0.000000599. The molecule has 38 heavy (non-hydrogen) atoms. The van der Waals surface area contributed by atoms with Crippen LogP contribution in [0.25, 0.3) is 11.3 Å². The Morgan fingerprint density at radius 1 is 1.05 bits per heavy atom. The number of rotatable bonds is 7. The molecule has 11 heteroatoms.